The SMILES string of the molecule is CC(=O)[C@H](CC(=O)c1cccc(Br)c1)C(=O)OC(C)(C)C. The summed E-state index contributed by atoms with van der Waals surface area (Å²) in [6, 6.07) is 6.84. The van der Waals surface area contributed by atoms with Crippen molar-refractivity contribution in [2.75, 3.05) is 0 Å². The number of carbonyl (C=O) groups is 3. The Morgan fingerprint density at radius 3 is 2.33 bits per heavy atom. The summed E-state index contributed by atoms with van der Waals surface area (Å²) in [5.74, 6) is -2.34. The van der Waals surface area contributed by atoms with Crippen LogP contribution in [0.15, 0.2) is 28.7 Å². The van der Waals surface area contributed by atoms with E-state index in [1.54, 1.807) is 45.0 Å². The Morgan fingerprint density at radius 2 is 1.86 bits per heavy atom. The molecule has 4 nitrogen and oxygen atoms in total. The highest BCUT2D eigenvalue weighted by atomic mass is 79.9. The predicted octanol–water partition coefficient (Wildman–Crippen LogP) is 3.57. The van der Waals surface area contributed by atoms with Gasteiger partial charge in [-0.15, -0.1) is 0 Å². The maximum Gasteiger partial charge on any atom is 0.317 e. The molecule has 114 valence electrons. The Morgan fingerprint density at radius 1 is 1.24 bits per heavy atom. The molecule has 0 fully saturated rings. The normalized spacial score (nSPS) is 12.6. The summed E-state index contributed by atoms with van der Waals surface area (Å²) in [6.45, 7) is 6.46. The molecule has 0 aromatic heterocycles. The molecule has 0 aliphatic heterocycles. The molecule has 0 saturated heterocycles. The molecular weight excluding hydrogens is 336 g/mol. The molecule has 0 unspecified atom stereocenters. The van der Waals surface area contributed by atoms with Crippen molar-refractivity contribution in [1.29, 1.82) is 0 Å². The Hall–Kier alpha value is -1.49. The van der Waals surface area contributed by atoms with Crippen LogP contribution in [0.4, 0.5) is 0 Å². The summed E-state index contributed by atoms with van der Waals surface area (Å²) in [5, 5.41) is 0. The highest BCUT2D eigenvalue weighted by molar-refractivity contribution is 9.10. The van der Waals surface area contributed by atoms with Gasteiger partial charge in [-0.2, -0.15) is 0 Å². The number of rotatable bonds is 5. The van der Waals surface area contributed by atoms with Gasteiger partial charge in [-0.05, 0) is 39.8 Å². The molecule has 0 radical (unpaired) electrons. The second kappa shape index (κ2) is 6.98. The van der Waals surface area contributed by atoms with E-state index in [1.807, 2.05) is 0 Å². The van der Waals surface area contributed by atoms with Gasteiger partial charge in [0, 0.05) is 16.5 Å². The number of halogens is 1. The van der Waals surface area contributed by atoms with Crippen molar-refractivity contribution in [3.05, 3.63) is 34.3 Å². The maximum atomic E-state index is 12.2. The molecule has 0 aliphatic rings. The number of Topliss-reactive ketones (excluding diaryl/α,β-unsaturated/α-hetero) is 2. The Kier molecular flexibility index (Phi) is 5.84. The molecule has 0 saturated carbocycles. The van der Waals surface area contributed by atoms with E-state index in [-0.39, 0.29) is 18.0 Å². The summed E-state index contributed by atoms with van der Waals surface area (Å²) in [5.41, 5.74) is -0.233. The highest BCUT2D eigenvalue weighted by Gasteiger charge is 2.31. The van der Waals surface area contributed by atoms with E-state index in [4.69, 9.17) is 4.74 Å². The lowest BCUT2D eigenvalue weighted by molar-refractivity contribution is -0.161. The number of hydrogen-bond acceptors (Lipinski definition) is 4. The third kappa shape index (κ3) is 5.79. The number of benzene rings is 1. The minimum atomic E-state index is -1.06. The first-order chi connectivity index (χ1) is 9.60. The number of hydrogen-bond donors (Lipinski definition) is 0. The first kappa shape index (κ1) is 17.6. The van der Waals surface area contributed by atoms with Crippen LogP contribution in [0.3, 0.4) is 0 Å². The van der Waals surface area contributed by atoms with Crippen molar-refractivity contribution in [3.8, 4) is 0 Å². The van der Waals surface area contributed by atoms with E-state index in [0.29, 0.717) is 5.56 Å². The Bertz CT molecular complexity index is 558. The van der Waals surface area contributed by atoms with Gasteiger partial charge in [0.25, 0.3) is 0 Å². The van der Waals surface area contributed by atoms with Crippen LogP contribution in [0.25, 0.3) is 0 Å². The monoisotopic (exact) mass is 354 g/mol. The van der Waals surface area contributed by atoms with Gasteiger partial charge in [-0.1, -0.05) is 28.1 Å². The lowest BCUT2D eigenvalue weighted by atomic mass is 9.95. The van der Waals surface area contributed by atoms with Crippen LogP contribution in [0.5, 0.6) is 0 Å². The van der Waals surface area contributed by atoms with Crippen LogP contribution in [-0.2, 0) is 14.3 Å². The minimum Gasteiger partial charge on any atom is -0.459 e. The molecule has 1 rings (SSSR count). The smallest absolute Gasteiger partial charge is 0.317 e. The Labute approximate surface area is 133 Å². The molecule has 1 aromatic rings. The summed E-state index contributed by atoms with van der Waals surface area (Å²) in [7, 11) is 0. The van der Waals surface area contributed by atoms with Crippen molar-refractivity contribution in [2.24, 2.45) is 5.92 Å². The molecule has 0 spiro atoms. The van der Waals surface area contributed by atoms with Gasteiger partial charge < -0.3 is 4.74 Å². The average Bonchev–Trinajstić information content (AvgIpc) is 2.32. The second-order valence-electron chi connectivity index (χ2n) is 5.83. The van der Waals surface area contributed by atoms with Crippen molar-refractivity contribution in [3.63, 3.8) is 0 Å². The zero-order valence-electron chi connectivity index (χ0n) is 12.6. The van der Waals surface area contributed by atoms with Gasteiger partial charge in [-0.25, -0.2) is 0 Å². The van der Waals surface area contributed by atoms with Crippen molar-refractivity contribution in [1.82, 2.24) is 0 Å². The number of esters is 1. The van der Waals surface area contributed by atoms with Crippen LogP contribution in [0, 0.1) is 5.92 Å². The fourth-order valence-corrected chi connectivity index (χ4v) is 2.13. The largest absolute Gasteiger partial charge is 0.459 e. The van der Waals surface area contributed by atoms with Crippen molar-refractivity contribution in [2.45, 2.75) is 39.7 Å². The highest BCUT2D eigenvalue weighted by Crippen LogP contribution is 2.19. The van der Waals surface area contributed by atoms with Crippen molar-refractivity contribution < 1.29 is 19.1 Å². The van der Waals surface area contributed by atoms with Crippen LogP contribution < -0.4 is 0 Å². The van der Waals surface area contributed by atoms with Gasteiger partial charge in [0.05, 0.1) is 0 Å². The van der Waals surface area contributed by atoms with E-state index in [2.05, 4.69) is 15.9 Å². The fourth-order valence-electron chi connectivity index (χ4n) is 1.73. The number of ketones is 2. The zero-order valence-corrected chi connectivity index (χ0v) is 14.2. The van der Waals surface area contributed by atoms with Crippen molar-refractivity contribution >= 4 is 33.5 Å². The fraction of sp³-hybridized carbons (Fsp3) is 0.438. The van der Waals surface area contributed by atoms with Gasteiger partial charge in [0.15, 0.2) is 5.78 Å². The van der Waals surface area contributed by atoms with E-state index in [1.165, 1.54) is 6.92 Å². The number of carbonyl (C=O) groups excluding carboxylic acids is 3. The van der Waals surface area contributed by atoms with Gasteiger partial charge >= 0.3 is 5.97 Å². The Balaban J connectivity index is 2.86. The zero-order chi connectivity index (χ0) is 16.2. The standard InChI is InChI=1S/C16H19BrO4/c1-10(18)13(15(20)21-16(2,3)4)9-14(19)11-6-5-7-12(17)8-11/h5-8,13H,9H2,1-4H3/t13-/m0/s1. The maximum absolute atomic E-state index is 12.2. The molecule has 0 N–H and O–H groups in total. The molecule has 1 atom stereocenters. The molecule has 0 heterocycles. The second-order valence-corrected chi connectivity index (χ2v) is 6.75. The lowest BCUT2D eigenvalue weighted by Crippen LogP contribution is -2.33. The summed E-state index contributed by atoms with van der Waals surface area (Å²) in [6.07, 6.45) is -0.180. The lowest BCUT2D eigenvalue weighted by Gasteiger charge is -2.22. The van der Waals surface area contributed by atoms with E-state index in [9.17, 15) is 14.4 Å². The minimum absolute atomic E-state index is 0.180. The first-order valence-corrected chi connectivity index (χ1v) is 7.41. The number of ether oxygens (including phenoxy) is 1. The van der Waals surface area contributed by atoms with Crippen LogP contribution in [-0.4, -0.2) is 23.1 Å². The quantitative estimate of drug-likeness (QED) is 0.460. The molecular formula is C16H19BrO4. The molecule has 0 aliphatic carbocycles. The van der Waals surface area contributed by atoms with E-state index >= 15 is 0 Å². The third-order valence-electron chi connectivity index (χ3n) is 2.72. The summed E-state index contributed by atoms with van der Waals surface area (Å²) < 4.78 is 5.97. The summed E-state index contributed by atoms with van der Waals surface area (Å²) in [4.78, 5) is 35.9. The van der Waals surface area contributed by atoms with E-state index < -0.39 is 17.5 Å². The van der Waals surface area contributed by atoms with Gasteiger partial charge in [0.1, 0.15) is 17.3 Å². The molecule has 1 aromatic carbocycles. The third-order valence-corrected chi connectivity index (χ3v) is 3.21. The summed E-state index contributed by atoms with van der Waals surface area (Å²) >= 11 is 3.28. The van der Waals surface area contributed by atoms with Gasteiger partial charge in [-0.3, -0.25) is 14.4 Å². The topological polar surface area (TPSA) is 60.4 Å². The predicted molar refractivity (Wildman–Crippen MR) is 83.1 cm³/mol. The molecule has 5 heteroatoms. The van der Waals surface area contributed by atoms with Crippen LogP contribution in [0.2, 0.25) is 0 Å². The van der Waals surface area contributed by atoms with E-state index in [0.717, 1.165) is 4.47 Å². The van der Waals surface area contributed by atoms with Gasteiger partial charge in [0.2, 0.25) is 0 Å². The molecule has 0 bridgehead atoms. The van der Waals surface area contributed by atoms with Crippen LogP contribution in [0.1, 0.15) is 44.5 Å². The molecule has 21 heavy (non-hydrogen) atoms. The average molecular weight is 355 g/mol. The van der Waals surface area contributed by atoms with Crippen LogP contribution >= 0.6 is 15.9 Å². The first-order valence-electron chi connectivity index (χ1n) is 6.62. The molecule has 0 amide bonds.